The molecule has 0 unspecified atom stereocenters. The van der Waals surface area contributed by atoms with Crippen LogP contribution in [0.3, 0.4) is 0 Å². The molecule has 0 spiro atoms. The van der Waals surface area contributed by atoms with E-state index in [9.17, 15) is 4.79 Å². The first-order valence-corrected chi connectivity index (χ1v) is 3.31. The predicted octanol–water partition coefficient (Wildman–Crippen LogP) is -1.32. The first-order valence-electron chi connectivity index (χ1n) is 3.31. The van der Waals surface area contributed by atoms with Gasteiger partial charge in [0, 0.05) is 29.6 Å². The topological polar surface area (TPSA) is 77.8 Å². The molecule has 0 atom stereocenters. The fourth-order valence-corrected chi connectivity index (χ4v) is 0.917. The van der Waals surface area contributed by atoms with Gasteiger partial charge in [0.2, 0.25) is 0 Å². The second-order valence-corrected chi connectivity index (χ2v) is 2.27. The van der Waals surface area contributed by atoms with E-state index in [1.54, 1.807) is 6.07 Å². The summed E-state index contributed by atoms with van der Waals surface area (Å²) in [4.78, 5) is 10.5. The Labute approximate surface area is 97.6 Å². The number of benzene rings is 1. The number of carbonyl (C=O) groups is 1. The van der Waals surface area contributed by atoms with Gasteiger partial charge in [0.05, 0.1) is 5.56 Å². The summed E-state index contributed by atoms with van der Waals surface area (Å²) in [5, 5.41) is 26.1. The minimum atomic E-state index is -1.74. The molecule has 0 aliphatic rings. The normalized spacial score (nSPS) is 8.77. The van der Waals surface area contributed by atoms with Crippen molar-refractivity contribution >= 4 is 48.1 Å². The van der Waals surface area contributed by atoms with Crippen LogP contribution in [-0.4, -0.2) is 57.8 Å². The molecular formula is C7H7BNaO4. The number of aromatic carboxylic acids is 1. The van der Waals surface area contributed by atoms with E-state index in [1.165, 1.54) is 18.2 Å². The molecule has 6 heteroatoms. The van der Waals surface area contributed by atoms with Crippen LogP contribution in [0.2, 0.25) is 0 Å². The maximum atomic E-state index is 10.5. The van der Waals surface area contributed by atoms with Crippen molar-refractivity contribution in [3.63, 3.8) is 0 Å². The van der Waals surface area contributed by atoms with E-state index < -0.39 is 13.1 Å². The summed E-state index contributed by atoms with van der Waals surface area (Å²) in [7, 11) is -1.74. The summed E-state index contributed by atoms with van der Waals surface area (Å²) in [6.45, 7) is 0. The second kappa shape index (κ2) is 5.41. The van der Waals surface area contributed by atoms with Gasteiger partial charge in [-0.1, -0.05) is 18.2 Å². The van der Waals surface area contributed by atoms with Crippen LogP contribution >= 0.6 is 0 Å². The quantitative estimate of drug-likeness (QED) is 0.504. The molecule has 13 heavy (non-hydrogen) atoms. The molecule has 63 valence electrons. The second-order valence-electron chi connectivity index (χ2n) is 2.27. The van der Waals surface area contributed by atoms with Crippen molar-refractivity contribution in [2.45, 2.75) is 0 Å². The predicted molar refractivity (Wildman–Crippen MR) is 49.0 cm³/mol. The van der Waals surface area contributed by atoms with E-state index in [2.05, 4.69) is 0 Å². The van der Waals surface area contributed by atoms with Gasteiger partial charge in [0.15, 0.2) is 0 Å². The molecule has 0 heterocycles. The van der Waals surface area contributed by atoms with Crippen molar-refractivity contribution in [3.8, 4) is 0 Å². The molecule has 0 saturated carbocycles. The standard InChI is InChI=1S/C7H7BO4.Na/c9-7(10)5-3-1-2-4-6(5)8(11)12;/h1-4,11-12H,(H,9,10);. The molecule has 4 nitrogen and oxygen atoms in total. The Balaban J connectivity index is 0.00000144. The number of hydrogen-bond donors (Lipinski definition) is 3. The number of rotatable bonds is 2. The Kier molecular flexibility index (Phi) is 5.28. The van der Waals surface area contributed by atoms with Crippen molar-refractivity contribution in [1.29, 1.82) is 0 Å². The van der Waals surface area contributed by atoms with Gasteiger partial charge in [-0.2, -0.15) is 0 Å². The minimum absolute atomic E-state index is 0. The molecule has 1 aromatic rings. The van der Waals surface area contributed by atoms with Crippen LogP contribution < -0.4 is 5.46 Å². The van der Waals surface area contributed by atoms with E-state index >= 15 is 0 Å². The van der Waals surface area contributed by atoms with Crippen molar-refractivity contribution < 1.29 is 19.9 Å². The summed E-state index contributed by atoms with van der Waals surface area (Å²) in [5.41, 5.74) is -0.0856. The van der Waals surface area contributed by atoms with Crippen molar-refractivity contribution in [2.24, 2.45) is 0 Å². The molecule has 0 aliphatic heterocycles. The van der Waals surface area contributed by atoms with Crippen molar-refractivity contribution in [1.82, 2.24) is 0 Å². The van der Waals surface area contributed by atoms with Crippen LogP contribution in [0.5, 0.6) is 0 Å². The van der Waals surface area contributed by atoms with Gasteiger partial charge in [0.25, 0.3) is 0 Å². The van der Waals surface area contributed by atoms with Crippen LogP contribution in [0, 0.1) is 0 Å². The van der Waals surface area contributed by atoms with Gasteiger partial charge in [0.1, 0.15) is 0 Å². The fraction of sp³-hybridized carbons (Fsp3) is 0. The molecule has 0 amide bonds. The summed E-state index contributed by atoms with van der Waals surface area (Å²) in [6, 6.07) is 5.74. The van der Waals surface area contributed by atoms with Crippen molar-refractivity contribution in [3.05, 3.63) is 29.8 Å². The van der Waals surface area contributed by atoms with E-state index in [0.717, 1.165) is 0 Å². The van der Waals surface area contributed by atoms with E-state index in [-0.39, 0.29) is 40.6 Å². The third kappa shape index (κ3) is 3.13. The molecule has 1 rings (SSSR count). The number of carboxylic acids is 1. The Bertz CT molecular complexity index is 302. The van der Waals surface area contributed by atoms with E-state index in [4.69, 9.17) is 15.2 Å². The van der Waals surface area contributed by atoms with Crippen LogP contribution in [0.4, 0.5) is 0 Å². The van der Waals surface area contributed by atoms with E-state index in [0.29, 0.717) is 0 Å². The SMILES string of the molecule is O=C(O)c1ccccc1B(O)O.[Na]. The molecule has 1 aromatic carbocycles. The first-order chi connectivity index (χ1) is 5.63. The molecule has 1 radical (unpaired) electrons. The molecular weight excluding hydrogens is 182 g/mol. The zero-order valence-corrected chi connectivity index (χ0v) is 9.14. The zero-order chi connectivity index (χ0) is 9.14. The van der Waals surface area contributed by atoms with Gasteiger partial charge in [-0.15, -0.1) is 0 Å². The molecule has 0 fully saturated rings. The van der Waals surface area contributed by atoms with Crippen LogP contribution in [0.25, 0.3) is 0 Å². The van der Waals surface area contributed by atoms with Crippen LogP contribution in [0.1, 0.15) is 10.4 Å². The van der Waals surface area contributed by atoms with Gasteiger partial charge < -0.3 is 15.2 Å². The zero-order valence-electron chi connectivity index (χ0n) is 7.14. The number of carboxylic acid groups (broad SMARTS) is 1. The van der Waals surface area contributed by atoms with Gasteiger partial charge in [-0.3, -0.25) is 0 Å². The smallest absolute Gasteiger partial charge is 0.478 e. The fourth-order valence-electron chi connectivity index (χ4n) is 0.917. The van der Waals surface area contributed by atoms with Gasteiger partial charge in [-0.25, -0.2) is 4.79 Å². The van der Waals surface area contributed by atoms with Crippen molar-refractivity contribution in [2.75, 3.05) is 0 Å². The summed E-state index contributed by atoms with van der Waals surface area (Å²) >= 11 is 0. The Morgan fingerprint density at radius 2 is 1.77 bits per heavy atom. The van der Waals surface area contributed by atoms with Gasteiger partial charge >= 0.3 is 13.1 Å². The molecule has 0 saturated heterocycles. The average Bonchev–Trinajstić information content (AvgIpc) is 2.04. The third-order valence-electron chi connectivity index (χ3n) is 1.47. The van der Waals surface area contributed by atoms with Crippen LogP contribution in [-0.2, 0) is 0 Å². The molecule has 0 aliphatic carbocycles. The maximum absolute atomic E-state index is 10.5. The first kappa shape index (κ1) is 12.7. The Hall–Kier alpha value is -0.325. The monoisotopic (exact) mass is 189 g/mol. The molecule has 3 N–H and O–H groups in total. The summed E-state index contributed by atoms with van der Waals surface area (Å²) < 4.78 is 0. The Morgan fingerprint density at radius 1 is 1.23 bits per heavy atom. The van der Waals surface area contributed by atoms with Crippen LogP contribution in [0.15, 0.2) is 24.3 Å². The number of hydrogen-bond acceptors (Lipinski definition) is 3. The summed E-state index contributed by atoms with van der Waals surface area (Å²) in [6.07, 6.45) is 0. The van der Waals surface area contributed by atoms with E-state index in [1.807, 2.05) is 0 Å². The molecule has 0 aromatic heterocycles. The summed E-state index contributed by atoms with van der Waals surface area (Å²) in [5.74, 6) is -1.17. The molecule has 0 bridgehead atoms. The largest absolute Gasteiger partial charge is 0.489 e. The maximum Gasteiger partial charge on any atom is 0.489 e. The Morgan fingerprint density at radius 3 is 2.15 bits per heavy atom. The average molecular weight is 189 g/mol. The minimum Gasteiger partial charge on any atom is -0.478 e. The third-order valence-corrected chi connectivity index (χ3v) is 1.47. The van der Waals surface area contributed by atoms with Gasteiger partial charge in [-0.05, 0) is 11.5 Å².